The van der Waals surface area contributed by atoms with Gasteiger partial charge in [0.2, 0.25) is 11.8 Å². The second-order valence-corrected chi connectivity index (χ2v) is 8.72. The number of aromatic amines is 1. The third-order valence-electron chi connectivity index (χ3n) is 6.37. The molecule has 0 saturated carbocycles. The van der Waals surface area contributed by atoms with Crippen LogP contribution in [0.25, 0.3) is 32.9 Å². The minimum atomic E-state index is -4.58. The molecule has 1 aliphatic heterocycles. The highest BCUT2D eigenvalue weighted by Crippen LogP contribution is 2.46. The van der Waals surface area contributed by atoms with Crippen LogP contribution in [0.1, 0.15) is 17.5 Å². The average molecular weight is 511 g/mol. The van der Waals surface area contributed by atoms with Gasteiger partial charge < -0.3 is 20.4 Å². The molecule has 0 atom stereocenters. The molecule has 6 nitrogen and oxygen atoms in total. The number of nitrogens with zero attached hydrogens (tertiary/aromatic N) is 1. The number of halogens is 4. The Morgan fingerprint density at radius 2 is 1.97 bits per heavy atom. The lowest BCUT2D eigenvalue weighted by Gasteiger charge is -2.22. The van der Waals surface area contributed by atoms with Crippen LogP contribution in [0.5, 0.6) is 5.75 Å². The number of primary amides is 1. The molecule has 10 heteroatoms. The van der Waals surface area contributed by atoms with E-state index in [2.05, 4.69) is 11.6 Å². The smallest absolute Gasteiger partial charge is 0.416 e. The van der Waals surface area contributed by atoms with Gasteiger partial charge in [-0.2, -0.15) is 13.2 Å². The number of hydrogen-bond donors (Lipinski definition) is 2. The van der Waals surface area contributed by atoms with Gasteiger partial charge in [-0.1, -0.05) is 24.8 Å². The molecule has 5 rings (SSSR count). The highest BCUT2D eigenvalue weighted by atomic mass is 19.4. The summed E-state index contributed by atoms with van der Waals surface area (Å²) in [4.78, 5) is 28.7. The number of nitrogens with one attached hydrogen (secondary N) is 1. The number of nitrogens with two attached hydrogens (primary N) is 1. The molecule has 0 bridgehead atoms. The van der Waals surface area contributed by atoms with Crippen LogP contribution in [0.4, 0.5) is 23.2 Å². The molecule has 4 aromatic rings. The second kappa shape index (κ2) is 8.95. The first-order valence-electron chi connectivity index (χ1n) is 11.4. The average Bonchev–Trinajstić information content (AvgIpc) is 3.08. The van der Waals surface area contributed by atoms with E-state index in [1.54, 1.807) is 18.2 Å². The van der Waals surface area contributed by atoms with E-state index in [0.29, 0.717) is 29.6 Å². The van der Waals surface area contributed by atoms with Gasteiger partial charge in [0, 0.05) is 34.0 Å². The lowest BCUT2D eigenvalue weighted by atomic mass is 9.94. The van der Waals surface area contributed by atoms with Crippen molar-refractivity contribution in [2.24, 2.45) is 5.73 Å². The first-order valence-corrected chi connectivity index (χ1v) is 11.4. The van der Waals surface area contributed by atoms with Gasteiger partial charge in [0.15, 0.2) is 5.75 Å². The van der Waals surface area contributed by atoms with Gasteiger partial charge in [0.05, 0.1) is 29.8 Å². The number of amides is 2. The Balaban J connectivity index is 1.86. The van der Waals surface area contributed by atoms with Crippen LogP contribution in [0.15, 0.2) is 55.1 Å². The molecule has 0 fully saturated rings. The van der Waals surface area contributed by atoms with E-state index in [9.17, 15) is 22.8 Å². The number of carbonyl (C=O) groups is 2. The van der Waals surface area contributed by atoms with Crippen LogP contribution in [0, 0.1) is 5.82 Å². The summed E-state index contributed by atoms with van der Waals surface area (Å²) in [7, 11) is 0. The Hall–Kier alpha value is -4.34. The Morgan fingerprint density at radius 3 is 2.68 bits per heavy atom. The first kappa shape index (κ1) is 24.4. The molecule has 2 heterocycles. The number of H-pyrrole nitrogens is 1. The van der Waals surface area contributed by atoms with E-state index in [1.165, 1.54) is 17.0 Å². The number of fused-ring (bicyclic) bond motifs is 4. The van der Waals surface area contributed by atoms with Crippen molar-refractivity contribution >= 4 is 39.3 Å². The Labute approximate surface area is 208 Å². The molecule has 0 aliphatic carbocycles. The maximum absolute atomic E-state index is 15.9. The summed E-state index contributed by atoms with van der Waals surface area (Å²) in [5, 5.41) is 0.608. The summed E-state index contributed by atoms with van der Waals surface area (Å²) in [5.41, 5.74) is 5.91. The molecule has 0 spiro atoms. The van der Waals surface area contributed by atoms with Crippen LogP contribution in [0.2, 0.25) is 0 Å². The summed E-state index contributed by atoms with van der Waals surface area (Å²) >= 11 is 0. The minimum Gasteiger partial charge on any atom is -0.491 e. The number of alkyl halides is 3. The quantitative estimate of drug-likeness (QED) is 0.281. The molecule has 0 unspecified atom stereocenters. The number of ether oxygens (including phenoxy) is 1. The van der Waals surface area contributed by atoms with Crippen LogP contribution >= 0.6 is 0 Å². The maximum atomic E-state index is 15.9. The molecule has 3 aromatic carbocycles. The van der Waals surface area contributed by atoms with E-state index < -0.39 is 23.5 Å². The Kier molecular flexibility index (Phi) is 5.89. The molecular weight excluding hydrogens is 490 g/mol. The number of rotatable bonds is 4. The fourth-order valence-corrected chi connectivity index (χ4v) is 4.82. The fraction of sp³-hybridized carbons (Fsp3) is 0.185. The number of benzene rings is 3. The van der Waals surface area contributed by atoms with Gasteiger partial charge in [-0.15, -0.1) is 0 Å². The molecule has 37 heavy (non-hydrogen) atoms. The first-order chi connectivity index (χ1) is 17.6. The molecule has 190 valence electrons. The van der Waals surface area contributed by atoms with Crippen molar-refractivity contribution in [2.45, 2.75) is 19.0 Å². The topological polar surface area (TPSA) is 88.4 Å². The monoisotopic (exact) mass is 511 g/mol. The molecule has 0 saturated heterocycles. The Bertz CT molecular complexity index is 1590. The molecule has 1 aliphatic rings. The van der Waals surface area contributed by atoms with E-state index in [1.807, 2.05) is 0 Å². The summed E-state index contributed by atoms with van der Waals surface area (Å²) in [6.45, 7) is 4.17. The van der Waals surface area contributed by atoms with E-state index in [-0.39, 0.29) is 52.2 Å². The van der Waals surface area contributed by atoms with Crippen molar-refractivity contribution < 1.29 is 31.9 Å². The normalized spacial score (nSPS) is 13.8. The van der Waals surface area contributed by atoms with Crippen LogP contribution in [-0.4, -0.2) is 29.9 Å². The van der Waals surface area contributed by atoms with Gasteiger partial charge in [0.1, 0.15) is 5.82 Å². The van der Waals surface area contributed by atoms with E-state index >= 15 is 4.39 Å². The van der Waals surface area contributed by atoms with Gasteiger partial charge >= 0.3 is 6.18 Å². The zero-order chi connectivity index (χ0) is 26.5. The summed E-state index contributed by atoms with van der Waals surface area (Å²) in [5.74, 6) is -1.52. The summed E-state index contributed by atoms with van der Waals surface area (Å²) in [6, 6.07) is 9.21. The van der Waals surface area contributed by atoms with Crippen molar-refractivity contribution in [3.8, 4) is 16.9 Å². The third kappa shape index (κ3) is 4.18. The highest BCUT2D eigenvalue weighted by Gasteiger charge is 2.32. The lowest BCUT2D eigenvalue weighted by Crippen LogP contribution is -2.29. The van der Waals surface area contributed by atoms with Gasteiger partial charge in [0.25, 0.3) is 0 Å². The largest absolute Gasteiger partial charge is 0.491 e. The van der Waals surface area contributed by atoms with E-state index in [0.717, 1.165) is 18.2 Å². The summed E-state index contributed by atoms with van der Waals surface area (Å²) in [6.07, 6.45) is -3.20. The standard InChI is InChI=1S/C27H21F4N3O3/c1-2-22(36)34-9-4-10-37-26-17(5-3-6-20(26)34)23-18(28)11-14(12-21(32)35)25-24(23)16-8-7-15(27(29,30)31)13-19(16)33-25/h2-3,5-8,11,13,33H,1,4,9-10,12H2,(H2,32,35). The minimum absolute atomic E-state index is 0.0685. The van der Waals surface area contributed by atoms with Gasteiger partial charge in [-0.25, -0.2) is 4.39 Å². The van der Waals surface area contributed by atoms with Crippen LogP contribution in [-0.2, 0) is 22.2 Å². The third-order valence-corrected chi connectivity index (χ3v) is 6.37. The van der Waals surface area contributed by atoms with Crippen molar-refractivity contribution in [3.63, 3.8) is 0 Å². The zero-order valence-electron chi connectivity index (χ0n) is 19.4. The predicted octanol–water partition coefficient (Wildman–Crippen LogP) is 5.48. The van der Waals surface area contributed by atoms with Crippen molar-refractivity contribution in [1.82, 2.24) is 4.98 Å². The van der Waals surface area contributed by atoms with Crippen molar-refractivity contribution in [2.75, 3.05) is 18.1 Å². The number of aromatic nitrogens is 1. The van der Waals surface area contributed by atoms with Crippen LogP contribution in [0.3, 0.4) is 0 Å². The molecular formula is C27H21F4N3O3. The SMILES string of the molecule is C=CC(=O)N1CCCOc2c(-c3c(F)cc(CC(N)=O)c4[nH]c5cc(C(F)(F)F)ccc5c34)cccc21. The molecule has 3 N–H and O–H groups in total. The van der Waals surface area contributed by atoms with Gasteiger partial charge in [-0.3, -0.25) is 9.59 Å². The number of carbonyl (C=O) groups excluding carboxylic acids is 2. The number of hydrogen-bond acceptors (Lipinski definition) is 3. The Morgan fingerprint density at radius 1 is 1.19 bits per heavy atom. The highest BCUT2D eigenvalue weighted by molar-refractivity contribution is 6.17. The number of anilines is 1. The second-order valence-electron chi connectivity index (χ2n) is 8.72. The van der Waals surface area contributed by atoms with Crippen LogP contribution < -0.4 is 15.4 Å². The lowest BCUT2D eigenvalue weighted by molar-refractivity contribution is -0.137. The van der Waals surface area contributed by atoms with E-state index in [4.69, 9.17) is 10.5 Å². The van der Waals surface area contributed by atoms with Crippen molar-refractivity contribution in [3.05, 3.63) is 72.1 Å². The van der Waals surface area contributed by atoms with Crippen molar-refractivity contribution in [1.29, 1.82) is 0 Å². The fourth-order valence-electron chi connectivity index (χ4n) is 4.82. The molecule has 0 radical (unpaired) electrons. The molecule has 2 amide bonds. The van der Waals surface area contributed by atoms with Gasteiger partial charge in [-0.05, 0) is 42.3 Å². The predicted molar refractivity (Wildman–Crippen MR) is 132 cm³/mol. The summed E-state index contributed by atoms with van der Waals surface area (Å²) < 4.78 is 62.1. The molecule has 1 aromatic heterocycles. The zero-order valence-corrected chi connectivity index (χ0v) is 19.4. The maximum Gasteiger partial charge on any atom is 0.416 e. The number of para-hydroxylation sites is 1.